The third-order valence-corrected chi connectivity index (χ3v) is 3.50. The number of hydrogen-bond donors (Lipinski definition) is 1. The van der Waals surface area contributed by atoms with E-state index in [1.807, 2.05) is 56.3 Å². The zero-order chi connectivity index (χ0) is 14.1. The largest absolute Gasteiger partial charge is 0.384 e. The van der Waals surface area contributed by atoms with Crippen LogP contribution in [0.4, 0.5) is 0 Å². The molecule has 20 heavy (non-hydrogen) atoms. The van der Waals surface area contributed by atoms with Gasteiger partial charge in [-0.1, -0.05) is 18.2 Å². The van der Waals surface area contributed by atoms with Gasteiger partial charge in [-0.25, -0.2) is 0 Å². The SMILES string of the molecule is Cc1ccc(C(O)c2ccc3ncccc3c2)c(C)n1. The van der Waals surface area contributed by atoms with E-state index >= 15 is 0 Å². The molecule has 0 saturated heterocycles. The lowest BCUT2D eigenvalue weighted by atomic mass is 9.99. The van der Waals surface area contributed by atoms with Crippen molar-refractivity contribution in [2.45, 2.75) is 20.0 Å². The number of aliphatic hydroxyl groups is 1. The van der Waals surface area contributed by atoms with Crippen LogP contribution in [0.15, 0.2) is 48.7 Å². The number of pyridine rings is 2. The Hall–Kier alpha value is -2.26. The lowest BCUT2D eigenvalue weighted by Gasteiger charge is -2.14. The van der Waals surface area contributed by atoms with E-state index in [0.29, 0.717) is 0 Å². The van der Waals surface area contributed by atoms with Gasteiger partial charge in [0, 0.05) is 28.5 Å². The summed E-state index contributed by atoms with van der Waals surface area (Å²) in [7, 11) is 0. The van der Waals surface area contributed by atoms with Crippen LogP contribution < -0.4 is 0 Å². The van der Waals surface area contributed by atoms with Gasteiger partial charge in [-0.15, -0.1) is 0 Å². The minimum Gasteiger partial charge on any atom is -0.384 e. The second-order valence-corrected chi connectivity index (χ2v) is 4.99. The summed E-state index contributed by atoms with van der Waals surface area (Å²) >= 11 is 0. The van der Waals surface area contributed by atoms with Crippen LogP contribution in [0.5, 0.6) is 0 Å². The maximum Gasteiger partial charge on any atom is 0.106 e. The monoisotopic (exact) mass is 264 g/mol. The Morgan fingerprint density at radius 2 is 1.90 bits per heavy atom. The van der Waals surface area contributed by atoms with Gasteiger partial charge in [0.2, 0.25) is 0 Å². The number of nitrogens with zero attached hydrogens (tertiary/aromatic N) is 2. The molecule has 0 amide bonds. The lowest BCUT2D eigenvalue weighted by Crippen LogP contribution is -2.04. The van der Waals surface area contributed by atoms with Crippen LogP contribution >= 0.6 is 0 Å². The molecule has 1 unspecified atom stereocenters. The number of fused-ring (bicyclic) bond motifs is 1. The molecule has 0 aliphatic rings. The molecule has 0 radical (unpaired) electrons. The fourth-order valence-electron chi connectivity index (χ4n) is 2.43. The van der Waals surface area contributed by atoms with Gasteiger partial charge in [0.15, 0.2) is 0 Å². The van der Waals surface area contributed by atoms with Crippen molar-refractivity contribution in [2.75, 3.05) is 0 Å². The highest BCUT2D eigenvalue weighted by atomic mass is 16.3. The summed E-state index contributed by atoms with van der Waals surface area (Å²) in [5, 5.41) is 11.6. The number of benzene rings is 1. The molecular formula is C17H16N2O. The summed E-state index contributed by atoms with van der Waals surface area (Å²) in [5.41, 5.74) is 4.46. The fourth-order valence-corrected chi connectivity index (χ4v) is 2.43. The Bertz CT molecular complexity index is 768. The molecule has 1 N–H and O–H groups in total. The summed E-state index contributed by atoms with van der Waals surface area (Å²) in [4.78, 5) is 8.70. The number of aryl methyl sites for hydroxylation is 2. The molecule has 3 aromatic rings. The first kappa shape index (κ1) is 12.8. The third kappa shape index (κ3) is 2.28. The van der Waals surface area contributed by atoms with Crippen molar-refractivity contribution in [1.82, 2.24) is 9.97 Å². The molecule has 100 valence electrons. The van der Waals surface area contributed by atoms with Crippen LogP contribution in [0.1, 0.15) is 28.6 Å². The van der Waals surface area contributed by atoms with E-state index in [1.54, 1.807) is 6.20 Å². The highest BCUT2D eigenvalue weighted by Gasteiger charge is 2.14. The first-order valence-corrected chi connectivity index (χ1v) is 6.62. The van der Waals surface area contributed by atoms with Crippen molar-refractivity contribution in [1.29, 1.82) is 0 Å². The maximum atomic E-state index is 10.6. The minimum absolute atomic E-state index is 0.660. The van der Waals surface area contributed by atoms with E-state index in [2.05, 4.69) is 9.97 Å². The molecule has 0 aliphatic heterocycles. The molecule has 0 fully saturated rings. The predicted octanol–water partition coefficient (Wildman–Crippen LogP) is 3.33. The van der Waals surface area contributed by atoms with Gasteiger partial charge < -0.3 is 5.11 Å². The van der Waals surface area contributed by atoms with Crippen molar-refractivity contribution < 1.29 is 5.11 Å². The van der Waals surface area contributed by atoms with Crippen molar-refractivity contribution >= 4 is 10.9 Å². The summed E-state index contributed by atoms with van der Waals surface area (Å²) in [5.74, 6) is 0. The molecule has 1 atom stereocenters. The molecule has 0 spiro atoms. The van der Waals surface area contributed by atoms with Crippen LogP contribution in [-0.2, 0) is 0 Å². The van der Waals surface area contributed by atoms with E-state index in [1.165, 1.54) is 0 Å². The standard InChI is InChI=1S/C17H16N2O/c1-11-5-7-15(12(2)19-11)17(20)14-6-8-16-13(10-14)4-3-9-18-16/h3-10,17,20H,1-2H3. The van der Waals surface area contributed by atoms with Gasteiger partial charge in [0.1, 0.15) is 6.10 Å². The second-order valence-electron chi connectivity index (χ2n) is 4.99. The van der Waals surface area contributed by atoms with E-state index in [9.17, 15) is 5.11 Å². The Morgan fingerprint density at radius 1 is 1.05 bits per heavy atom. The number of rotatable bonds is 2. The molecule has 0 saturated carbocycles. The number of hydrogen-bond acceptors (Lipinski definition) is 3. The predicted molar refractivity (Wildman–Crippen MR) is 79.5 cm³/mol. The van der Waals surface area contributed by atoms with Crippen molar-refractivity contribution in [3.63, 3.8) is 0 Å². The Kier molecular flexibility index (Phi) is 3.20. The van der Waals surface area contributed by atoms with E-state index in [0.717, 1.165) is 33.4 Å². The average molecular weight is 264 g/mol. The van der Waals surface area contributed by atoms with E-state index < -0.39 is 6.10 Å². The van der Waals surface area contributed by atoms with Crippen LogP contribution in [0.3, 0.4) is 0 Å². The quantitative estimate of drug-likeness (QED) is 0.772. The number of aliphatic hydroxyl groups excluding tert-OH is 1. The van der Waals surface area contributed by atoms with Crippen molar-refractivity contribution in [3.05, 3.63) is 71.2 Å². The maximum absolute atomic E-state index is 10.6. The lowest BCUT2D eigenvalue weighted by molar-refractivity contribution is 0.219. The normalized spacial score (nSPS) is 12.6. The summed E-state index contributed by atoms with van der Waals surface area (Å²) < 4.78 is 0. The zero-order valence-corrected chi connectivity index (χ0v) is 11.5. The highest BCUT2D eigenvalue weighted by molar-refractivity contribution is 5.79. The Morgan fingerprint density at radius 3 is 2.70 bits per heavy atom. The molecule has 2 heterocycles. The Labute approximate surface area is 117 Å². The molecule has 3 heteroatoms. The van der Waals surface area contributed by atoms with Gasteiger partial charge in [-0.2, -0.15) is 0 Å². The topological polar surface area (TPSA) is 46.0 Å². The van der Waals surface area contributed by atoms with Crippen molar-refractivity contribution in [3.8, 4) is 0 Å². The van der Waals surface area contributed by atoms with Gasteiger partial charge in [0.25, 0.3) is 0 Å². The zero-order valence-electron chi connectivity index (χ0n) is 11.5. The van der Waals surface area contributed by atoms with Crippen LogP contribution in [0.25, 0.3) is 10.9 Å². The average Bonchev–Trinajstić information content (AvgIpc) is 2.46. The van der Waals surface area contributed by atoms with Gasteiger partial charge in [-0.05, 0) is 43.7 Å². The molecule has 0 aliphatic carbocycles. The molecule has 0 bridgehead atoms. The summed E-state index contributed by atoms with van der Waals surface area (Å²) in [6.07, 6.45) is 1.11. The fraction of sp³-hybridized carbons (Fsp3) is 0.176. The molecule has 2 aromatic heterocycles. The molecule has 3 rings (SSSR count). The van der Waals surface area contributed by atoms with E-state index in [-0.39, 0.29) is 0 Å². The van der Waals surface area contributed by atoms with Crippen LogP contribution in [0, 0.1) is 13.8 Å². The highest BCUT2D eigenvalue weighted by Crippen LogP contribution is 2.26. The molecular weight excluding hydrogens is 248 g/mol. The van der Waals surface area contributed by atoms with E-state index in [4.69, 9.17) is 0 Å². The molecule has 1 aromatic carbocycles. The molecule has 3 nitrogen and oxygen atoms in total. The third-order valence-electron chi connectivity index (χ3n) is 3.50. The smallest absolute Gasteiger partial charge is 0.106 e. The first-order valence-electron chi connectivity index (χ1n) is 6.62. The van der Waals surface area contributed by atoms with Gasteiger partial charge in [-0.3, -0.25) is 9.97 Å². The number of aromatic nitrogens is 2. The van der Waals surface area contributed by atoms with Crippen molar-refractivity contribution in [2.24, 2.45) is 0 Å². The van der Waals surface area contributed by atoms with Gasteiger partial charge in [0.05, 0.1) is 5.52 Å². The minimum atomic E-state index is -0.660. The Balaban J connectivity index is 2.05. The van der Waals surface area contributed by atoms with Crippen LogP contribution in [-0.4, -0.2) is 15.1 Å². The van der Waals surface area contributed by atoms with Gasteiger partial charge >= 0.3 is 0 Å². The summed E-state index contributed by atoms with van der Waals surface area (Å²) in [6, 6.07) is 13.6. The van der Waals surface area contributed by atoms with Crippen LogP contribution in [0.2, 0.25) is 0 Å². The first-order chi connectivity index (χ1) is 9.65. The summed E-state index contributed by atoms with van der Waals surface area (Å²) in [6.45, 7) is 3.87. The second kappa shape index (κ2) is 5.02.